The minimum absolute atomic E-state index is 0.0170. The topological polar surface area (TPSA) is 49.4 Å². The number of carbonyl (C=O) groups excluding carboxylic acids is 2. The molecule has 0 aromatic heterocycles. The molecule has 1 N–H and O–H groups in total. The monoisotopic (exact) mass is 398 g/mol. The molecule has 2 atom stereocenters. The lowest BCUT2D eigenvalue weighted by molar-refractivity contribution is -0.125. The van der Waals surface area contributed by atoms with Crippen LogP contribution >= 0.6 is 11.6 Å². The summed E-state index contributed by atoms with van der Waals surface area (Å²) in [5.41, 5.74) is 2.83. The SMILES string of the molecule is Cc1ccccc1[C@@H]1CN(C(=O)c2cccc(Cl)c2)C[C@H]1C(=O)NCC(C)C. The van der Waals surface area contributed by atoms with Crippen molar-refractivity contribution in [1.82, 2.24) is 10.2 Å². The fourth-order valence-electron chi connectivity index (χ4n) is 3.79. The summed E-state index contributed by atoms with van der Waals surface area (Å²) in [6.07, 6.45) is 0. The molecule has 4 nitrogen and oxygen atoms in total. The van der Waals surface area contributed by atoms with Crippen LogP contribution in [0.25, 0.3) is 0 Å². The minimum atomic E-state index is -0.261. The van der Waals surface area contributed by atoms with Crippen molar-refractivity contribution < 1.29 is 9.59 Å². The summed E-state index contributed by atoms with van der Waals surface area (Å²) < 4.78 is 0. The second kappa shape index (κ2) is 8.78. The number of nitrogens with one attached hydrogen (secondary N) is 1. The number of amides is 2. The summed E-state index contributed by atoms with van der Waals surface area (Å²) >= 11 is 6.06. The van der Waals surface area contributed by atoms with Gasteiger partial charge in [-0.05, 0) is 42.2 Å². The first-order chi connectivity index (χ1) is 13.4. The van der Waals surface area contributed by atoms with Gasteiger partial charge in [0, 0.05) is 36.1 Å². The van der Waals surface area contributed by atoms with Gasteiger partial charge in [-0.1, -0.05) is 55.8 Å². The summed E-state index contributed by atoms with van der Waals surface area (Å²) in [5, 5.41) is 3.59. The van der Waals surface area contributed by atoms with Crippen LogP contribution in [0, 0.1) is 18.8 Å². The highest BCUT2D eigenvalue weighted by Crippen LogP contribution is 2.35. The number of halogens is 1. The molecule has 3 rings (SSSR count). The van der Waals surface area contributed by atoms with Gasteiger partial charge in [0.15, 0.2) is 0 Å². The fourth-order valence-corrected chi connectivity index (χ4v) is 3.98. The van der Waals surface area contributed by atoms with Crippen LogP contribution in [0.5, 0.6) is 0 Å². The van der Waals surface area contributed by atoms with Crippen LogP contribution < -0.4 is 5.32 Å². The molecule has 1 aliphatic heterocycles. The highest BCUT2D eigenvalue weighted by Gasteiger charge is 2.41. The second-order valence-electron chi connectivity index (χ2n) is 7.93. The van der Waals surface area contributed by atoms with Crippen LogP contribution in [0.15, 0.2) is 48.5 Å². The summed E-state index contributed by atoms with van der Waals surface area (Å²) in [4.78, 5) is 27.7. The molecule has 2 aromatic carbocycles. The predicted molar refractivity (Wildman–Crippen MR) is 113 cm³/mol. The van der Waals surface area contributed by atoms with E-state index in [1.807, 2.05) is 12.1 Å². The first-order valence-corrected chi connectivity index (χ1v) is 10.1. The van der Waals surface area contributed by atoms with E-state index in [0.717, 1.165) is 11.1 Å². The molecule has 1 heterocycles. The normalized spacial score (nSPS) is 19.1. The van der Waals surface area contributed by atoms with E-state index in [1.165, 1.54) is 0 Å². The van der Waals surface area contributed by atoms with E-state index < -0.39 is 0 Å². The highest BCUT2D eigenvalue weighted by molar-refractivity contribution is 6.30. The standard InChI is InChI=1S/C23H27ClN2O2/c1-15(2)12-25-22(27)21-14-26(23(28)17-8-6-9-18(24)11-17)13-20(21)19-10-5-4-7-16(19)3/h4-11,15,20-21H,12-14H2,1-3H3,(H,25,27)/t20-,21+/m0/s1. The minimum Gasteiger partial charge on any atom is -0.356 e. The van der Waals surface area contributed by atoms with Crippen molar-refractivity contribution in [2.24, 2.45) is 11.8 Å². The van der Waals surface area contributed by atoms with Gasteiger partial charge in [0.1, 0.15) is 0 Å². The lowest BCUT2D eigenvalue weighted by Crippen LogP contribution is -2.37. The Bertz CT molecular complexity index is 865. The van der Waals surface area contributed by atoms with Gasteiger partial charge in [-0.25, -0.2) is 0 Å². The molecule has 0 aliphatic carbocycles. The number of nitrogens with zero attached hydrogens (tertiary/aromatic N) is 1. The van der Waals surface area contributed by atoms with Crippen LogP contribution in [0.2, 0.25) is 5.02 Å². The van der Waals surface area contributed by atoms with Gasteiger partial charge in [-0.15, -0.1) is 0 Å². The number of likely N-dealkylation sites (tertiary alicyclic amines) is 1. The van der Waals surface area contributed by atoms with E-state index >= 15 is 0 Å². The zero-order valence-electron chi connectivity index (χ0n) is 16.6. The average molecular weight is 399 g/mol. The molecule has 1 aliphatic rings. The third kappa shape index (κ3) is 4.56. The van der Waals surface area contributed by atoms with Crippen LogP contribution in [0.1, 0.15) is 41.3 Å². The Balaban J connectivity index is 1.86. The molecule has 0 spiro atoms. The van der Waals surface area contributed by atoms with E-state index in [-0.39, 0.29) is 23.7 Å². The number of hydrogen-bond acceptors (Lipinski definition) is 2. The number of aryl methyl sites for hydroxylation is 1. The van der Waals surface area contributed by atoms with Gasteiger partial charge < -0.3 is 10.2 Å². The van der Waals surface area contributed by atoms with E-state index in [1.54, 1.807) is 29.2 Å². The zero-order valence-corrected chi connectivity index (χ0v) is 17.4. The lowest BCUT2D eigenvalue weighted by atomic mass is 9.86. The van der Waals surface area contributed by atoms with E-state index in [4.69, 9.17) is 11.6 Å². The Morgan fingerprint density at radius 3 is 2.57 bits per heavy atom. The summed E-state index contributed by atoms with van der Waals surface area (Å²) in [7, 11) is 0. The highest BCUT2D eigenvalue weighted by atomic mass is 35.5. The molecule has 2 aromatic rings. The van der Waals surface area contributed by atoms with Crippen molar-refractivity contribution in [3.8, 4) is 0 Å². The van der Waals surface area contributed by atoms with Crippen LogP contribution in [0.4, 0.5) is 0 Å². The van der Waals surface area contributed by atoms with Crippen molar-refractivity contribution in [2.75, 3.05) is 19.6 Å². The fraction of sp³-hybridized carbons (Fsp3) is 0.391. The molecule has 0 radical (unpaired) electrons. The first-order valence-electron chi connectivity index (χ1n) is 9.75. The van der Waals surface area contributed by atoms with Crippen LogP contribution in [-0.4, -0.2) is 36.3 Å². The molecule has 1 saturated heterocycles. The molecule has 0 unspecified atom stereocenters. The van der Waals surface area contributed by atoms with Crippen molar-refractivity contribution in [3.63, 3.8) is 0 Å². The Hall–Kier alpha value is -2.33. The smallest absolute Gasteiger partial charge is 0.253 e. The molecule has 1 fully saturated rings. The number of benzene rings is 2. The maximum atomic E-state index is 13.0. The average Bonchev–Trinajstić information content (AvgIpc) is 3.11. The molecular weight excluding hydrogens is 372 g/mol. The van der Waals surface area contributed by atoms with Crippen LogP contribution in [-0.2, 0) is 4.79 Å². The molecule has 28 heavy (non-hydrogen) atoms. The third-order valence-corrected chi connectivity index (χ3v) is 5.52. The number of carbonyl (C=O) groups is 2. The Morgan fingerprint density at radius 2 is 1.89 bits per heavy atom. The molecule has 0 bridgehead atoms. The van der Waals surface area contributed by atoms with Gasteiger partial charge in [0.05, 0.1) is 5.92 Å². The van der Waals surface area contributed by atoms with Crippen molar-refractivity contribution in [2.45, 2.75) is 26.7 Å². The molecule has 0 saturated carbocycles. The van der Waals surface area contributed by atoms with Gasteiger partial charge in [0.2, 0.25) is 5.91 Å². The quantitative estimate of drug-likeness (QED) is 0.817. The Kier molecular flexibility index (Phi) is 6.40. The number of rotatable bonds is 5. The number of hydrogen-bond donors (Lipinski definition) is 1. The Morgan fingerprint density at radius 1 is 1.14 bits per heavy atom. The summed E-state index contributed by atoms with van der Waals surface area (Å²) in [5.74, 6) is 0.0366. The third-order valence-electron chi connectivity index (χ3n) is 5.29. The lowest BCUT2D eigenvalue weighted by Gasteiger charge is -2.20. The van der Waals surface area contributed by atoms with Gasteiger partial charge in [0.25, 0.3) is 5.91 Å². The van der Waals surface area contributed by atoms with Crippen LogP contribution in [0.3, 0.4) is 0 Å². The van der Waals surface area contributed by atoms with Crippen molar-refractivity contribution >= 4 is 23.4 Å². The maximum absolute atomic E-state index is 13.0. The second-order valence-corrected chi connectivity index (χ2v) is 8.37. The molecule has 5 heteroatoms. The van der Waals surface area contributed by atoms with Crippen molar-refractivity contribution in [3.05, 3.63) is 70.2 Å². The molecule has 148 valence electrons. The van der Waals surface area contributed by atoms with Gasteiger partial charge in [-0.3, -0.25) is 9.59 Å². The summed E-state index contributed by atoms with van der Waals surface area (Å²) in [6.45, 7) is 7.77. The maximum Gasteiger partial charge on any atom is 0.253 e. The summed E-state index contributed by atoms with van der Waals surface area (Å²) in [6, 6.07) is 15.1. The van der Waals surface area contributed by atoms with Gasteiger partial charge >= 0.3 is 0 Å². The first kappa shape index (κ1) is 20.4. The van der Waals surface area contributed by atoms with Crippen molar-refractivity contribution in [1.29, 1.82) is 0 Å². The zero-order chi connectivity index (χ0) is 20.3. The molecule has 2 amide bonds. The predicted octanol–water partition coefficient (Wildman–Crippen LogP) is 4.28. The van der Waals surface area contributed by atoms with E-state index in [0.29, 0.717) is 36.1 Å². The van der Waals surface area contributed by atoms with E-state index in [2.05, 4.69) is 38.2 Å². The largest absolute Gasteiger partial charge is 0.356 e. The Labute approximate surface area is 171 Å². The van der Waals surface area contributed by atoms with E-state index in [9.17, 15) is 9.59 Å². The molecular formula is C23H27ClN2O2. The van der Waals surface area contributed by atoms with Gasteiger partial charge in [-0.2, -0.15) is 0 Å².